The molecule has 3 aromatic rings. The highest BCUT2D eigenvalue weighted by Gasteiger charge is 2.14. The monoisotopic (exact) mass is 389 g/mol. The van der Waals surface area contributed by atoms with Crippen molar-refractivity contribution in [3.8, 4) is 0 Å². The highest BCUT2D eigenvalue weighted by molar-refractivity contribution is 7.99. The van der Waals surface area contributed by atoms with Crippen molar-refractivity contribution < 1.29 is 18.7 Å². The summed E-state index contributed by atoms with van der Waals surface area (Å²) in [7, 11) is 0. The van der Waals surface area contributed by atoms with Gasteiger partial charge in [-0.05, 0) is 41.8 Å². The predicted octanol–water partition coefficient (Wildman–Crippen LogP) is 4.11. The number of hydrogen-bond acceptors (Lipinski definition) is 5. The number of carbonyl (C=O) groups is 2. The Hall–Kier alpha value is -2.38. The number of halogens is 1. The average molecular weight is 389 g/mol. The average Bonchev–Trinajstić information content (AvgIpc) is 3.07. The third-order valence-corrected chi connectivity index (χ3v) is 5.56. The Morgan fingerprint density at radius 1 is 1.12 bits per heavy atom. The summed E-state index contributed by atoms with van der Waals surface area (Å²) >= 11 is 2.84. The van der Waals surface area contributed by atoms with Gasteiger partial charge in [-0.15, -0.1) is 23.1 Å². The van der Waals surface area contributed by atoms with Crippen LogP contribution in [0.2, 0.25) is 0 Å². The molecular weight excluding hydrogens is 373 g/mol. The number of ether oxygens (including phenoxy) is 1. The number of carbonyl (C=O) groups excluding carboxylic acids is 2. The van der Waals surface area contributed by atoms with E-state index in [9.17, 15) is 14.0 Å². The zero-order valence-corrected chi connectivity index (χ0v) is 15.4. The van der Waals surface area contributed by atoms with Crippen molar-refractivity contribution in [3.05, 3.63) is 65.3 Å². The molecule has 0 aliphatic heterocycles. The Kier molecular flexibility index (Phi) is 6.25. The lowest BCUT2D eigenvalue weighted by Crippen LogP contribution is -2.30. The Balaban J connectivity index is 1.41. The summed E-state index contributed by atoms with van der Waals surface area (Å²) in [6, 6.07) is 15.8. The summed E-state index contributed by atoms with van der Waals surface area (Å²) in [5.74, 6) is -0.562. The van der Waals surface area contributed by atoms with Crippen LogP contribution in [0.25, 0.3) is 10.1 Å². The maximum atomic E-state index is 13.2. The fraction of sp³-hybridized carbons (Fsp3) is 0.158. The first-order chi connectivity index (χ1) is 12.6. The number of fused-ring (bicyclic) bond motifs is 1. The van der Waals surface area contributed by atoms with Gasteiger partial charge in [0.2, 0.25) is 0 Å². The molecule has 1 aromatic heterocycles. The van der Waals surface area contributed by atoms with Gasteiger partial charge < -0.3 is 10.1 Å². The normalized spacial score (nSPS) is 10.7. The molecular formula is C19H16FNO3S2. The fourth-order valence-corrected chi connectivity index (χ4v) is 3.97. The molecule has 1 amide bonds. The number of nitrogens with one attached hydrogen (secondary N) is 1. The quantitative estimate of drug-likeness (QED) is 0.375. The number of thiophene rings is 1. The molecule has 0 atom stereocenters. The molecule has 4 nitrogen and oxygen atoms in total. The van der Waals surface area contributed by atoms with Crippen molar-refractivity contribution in [2.75, 3.05) is 18.9 Å². The zero-order valence-electron chi connectivity index (χ0n) is 13.7. The molecule has 0 saturated carbocycles. The molecule has 0 aliphatic carbocycles. The molecule has 0 unspecified atom stereocenters. The minimum atomic E-state index is -0.583. The first-order valence-corrected chi connectivity index (χ1v) is 9.73. The molecule has 1 heterocycles. The van der Waals surface area contributed by atoms with Crippen molar-refractivity contribution in [3.63, 3.8) is 0 Å². The Labute approximate surface area is 158 Å². The molecule has 0 fully saturated rings. The molecule has 134 valence electrons. The number of hydrogen-bond donors (Lipinski definition) is 1. The molecule has 3 rings (SSSR count). The molecule has 2 aromatic carbocycles. The second-order valence-electron chi connectivity index (χ2n) is 5.38. The van der Waals surface area contributed by atoms with Gasteiger partial charge in [-0.25, -0.2) is 9.18 Å². The van der Waals surface area contributed by atoms with E-state index in [1.165, 1.54) is 23.5 Å². The van der Waals surface area contributed by atoms with Crippen LogP contribution in [-0.4, -0.2) is 30.8 Å². The minimum Gasteiger partial charge on any atom is -0.451 e. The van der Waals surface area contributed by atoms with E-state index < -0.39 is 5.97 Å². The van der Waals surface area contributed by atoms with Crippen molar-refractivity contribution in [1.29, 1.82) is 0 Å². The molecule has 7 heteroatoms. The van der Waals surface area contributed by atoms with Crippen LogP contribution < -0.4 is 5.32 Å². The van der Waals surface area contributed by atoms with Gasteiger partial charge in [-0.1, -0.05) is 18.2 Å². The van der Waals surface area contributed by atoms with Crippen LogP contribution in [-0.2, 0) is 9.53 Å². The van der Waals surface area contributed by atoms with E-state index in [1.807, 2.05) is 30.3 Å². The molecule has 0 spiro atoms. The summed E-state index contributed by atoms with van der Waals surface area (Å²) in [6.07, 6.45) is 0. The Bertz CT molecular complexity index is 912. The maximum absolute atomic E-state index is 13.2. The SMILES string of the molecule is O=C(COC(=O)c1cc2cc(F)ccc2s1)NCCSc1ccccc1. The van der Waals surface area contributed by atoms with Gasteiger partial charge in [0.25, 0.3) is 5.91 Å². The summed E-state index contributed by atoms with van der Waals surface area (Å²) in [4.78, 5) is 25.3. The Morgan fingerprint density at radius 2 is 1.92 bits per heavy atom. The number of amides is 1. The van der Waals surface area contributed by atoms with E-state index in [0.29, 0.717) is 16.8 Å². The van der Waals surface area contributed by atoms with Crippen molar-refractivity contribution >= 4 is 45.1 Å². The third-order valence-electron chi connectivity index (χ3n) is 3.45. The van der Waals surface area contributed by atoms with Crippen LogP contribution in [0.5, 0.6) is 0 Å². The number of thioether (sulfide) groups is 1. The van der Waals surface area contributed by atoms with Crippen LogP contribution in [0.1, 0.15) is 9.67 Å². The standard InChI is InChI=1S/C19H16FNO3S2/c20-14-6-7-16-13(10-14)11-17(26-16)19(23)24-12-18(22)21-8-9-25-15-4-2-1-3-5-15/h1-7,10-11H,8-9,12H2,(H,21,22). The van der Waals surface area contributed by atoms with Crippen LogP contribution in [0.15, 0.2) is 59.5 Å². The van der Waals surface area contributed by atoms with E-state index in [0.717, 1.165) is 15.3 Å². The highest BCUT2D eigenvalue weighted by Crippen LogP contribution is 2.26. The minimum absolute atomic E-state index is 0.336. The molecule has 0 radical (unpaired) electrons. The van der Waals surface area contributed by atoms with Crippen molar-refractivity contribution in [2.24, 2.45) is 0 Å². The summed E-state index contributed by atoms with van der Waals surface area (Å²) in [5, 5.41) is 3.35. The van der Waals surface area contributed by atoms with Crippen LogP contribution in [0.3, 0.4) is 0 Å². The number of esters is 1. The van der Waals surface area contributed by atoms with E-state index in [4.69, 9.17) is 4.74 Å². The van der Waals surface area contributed by atoms with Gasteiger partial charge in [0.1, 0.15) is 10.7 Å². The molecule has 0 bridgehead atoms. The van der Waals surface area contributed by atoms with Crippen molar-refractivity contribution in [2.45, 2.75) is 4.90 Å². The zero-order chi connectivity index (χ0) is 18.4. The molecule has 26 heavy (non-hydrogen) atoms. The lowest BCUT2D eigenvalue weighted by atomic mass is 10.2. The molecule has 1 N–H and O–H groups in total. The van der Waals surface area contributed by atoms with E-state index in [-0.39, 0.29) is 18.3 Å². The predicted molar refractivity (Wildman–Crippen MR) is 102 cm³/mol. The van der Waals surface area contributed by atoms with Crippen molar-refractivity contribution in [1.82, 2.24) is 5.32 Å². The van der Waals surface area contributed by atoms with Crippen LogP contribution >= 0.6 is 23.1 Å². The van der Waals surface area contributed by atoms with Gasteiger partial charge in [-0.2, -0.15) is 0 Å². The second kappa shape index (κ2) is 8.82. The first-order valence-electron chi connectivity index (χ1n) is 7.92. The summed E-state index contributed by atoms with van der Waals surface area (Å²) in [6.45, 7) is 0.148. The Morgan fingerprint density at radius 3 is 2.73 bits per heavy atom. The van der Waals surface area contributed by atoms with Gasteiger partial charge in [-0.3, -0.25) is 4.79 Å². The van der Waals surface area contributed by atoms with Gasteiger partial charge in [0, 0.05) is 21.9 Å². The number of rotatable bonds is 7. The molecule has 0 saturated heterocycles. The summed E-state index contributed by atoms with van der Waals surface area (Å²) in [5.41, 5.74) is 0. The topological polar surface area (TPSA) is 55.4 Å². The number of benzene rings is 2. The van der Waals surface area contributed by atoms with Gasteiger partial charge >= 0.3 is 5.97 Å². The van der Waals surface area contributed by atoms with Gasteiger partial charge in [0.15, 0.2) is 6.61 Å². The van der Waals surface area contributed by atoms with E-state index >= 15 is 0 Å². The lowest BCUT2D eigenvalue weighted by molar-refractivity contribution is -0.124. The van der Waals surface area contributed by atoms with Crippen LogP contribution in [0, 0.1) is 5.82 Å². The maximum Gasteiger partial charge on any atom is 0.348 e. The largest absolute Gasteiger partial charge is 0.451 e. The van der Waals surface area contributed by atoms with E-state index in [1.54, 1.807) is 23.9 Å². The van der Waals surface area contributed by atoms with E-state index in [2.05, 4.69) is 5.32 Å². The second-order valence-corrected chi connectivity index (χ2v) is 7.63. The lowest BCUT2D eigenvalue weighted by Gasteiger charge is -2.06. The smallest absolute Gasteiger partial charge is 0.348 e. The molecule has 0 aliphatic rings. The summed E-state index contributed by atoms with van der Waals surface area (Å²) < 4.78 is 19.0. The van der Waals surface area contributed by atoms with Crippen LogP contribution in [0.4, 0.5) is 4.39 Å². The first kappa shape index (κ1) is 18.4. The fourth-order valence-electron chi connectivity index (χ4n) is 2.24. The highest BCUT2D eigenvalue weighted by atomic mass is 32.2. The van der Waals surface area contributed by atoms with Gasteiger partial charge in [0.05, 0.1) is 0 Å². The third kappa shape index (κ3) is 5.06.